The standard InChI is InChI=1S/C8H10ClNOS/c9-7-5-6(12-4-3-11)1-2-8(7)10/h1-2,5,11H,3-4,10H2. The van der Waals surface area contributed by atoms with E-state index in [0.717, 1.165) is 4.90 Å². The van der Waals surface area contributed by atoms with E-state index in [-0.39, 0.29) is 6.61 Å². The fraction of sp³-hybridized carbons (Fsp3) is 0.250. The molecule has 0 amide bonds. The first-order valence-electron chi connectivity index (χ1n) is 3.52. The Labute approximate surface area is 80.7 Å². The van der Waals surface area contributed by atoms with Gasteiger partial charge in [-0.2, -0.15) is 0 Å². The summed E-state index contributed by atoms with van der Waals surface area (Å²) in [6.07, 6.45) is 0. The summed E-state index contributed by atoms with van der Waals surface area (Å²) in [6, 6.07) is 5.46. The number of rotatable bonds is 3. The van der Waals surface area contributed by atoms with Gasteiger partial charge in [-0.25, -0.2) is 0 Å². The van der Waals surface area contributed by atoms with Gasteiger partial charge in [0.25, 0.3) is 0 Å². The Kier molecular flexibility index (Phi) is 3.72. The summed E-state index contributed by atoms with van der Waals surface area (Å²) in [5.74, 6) is 0.681. The molecule has 1 rings (SSSR count). The molecule has 0 radical (unpaired) electrons. The van der Waals surface area contributed by atoms with Crippen LogP contribution in [0.1, 0.15) is 0 Å². The SMILES string of the molecule is Nc1ccc(SCCO)cc1Cl. The van der Waals surface area contributed by atoms with Crippen LogP contribution in [0.25, 0.3) is 0 Å². The van der Waals surface area contributed by atoms with Gasteiger partial charge in [-0.15, -0.1) is 11.8 Å². The molecule has 0 aliphatic rings. The van der Waals surface area contributed by atoms with Crippen LogP contribution < -0.4 is 5.73 Å². The second-order valence-corrected chi connectivity index (χ2v) is 3.83. The average Bonchev–Trinajstić information content (AvgIpc) is 2.07. The fourth-order valence-electron chi connectivity index (χ4n) is 0.761. The van der Waals surface area contributed by atoms with Crippen molar-refractivity contribution < 1.29 is 5.11 Å². The average molecular weight is 204 g/mol. The van der Waals surface area contributed by atoms with Gasteiger partial charge in [0.15, 0.2) is 0 Å². The zero-order valence-electron chi connectivity index (χ0n) is 6.46. The molecule has 4 heteroatoms. The number of halogens is 1. The Morgan fingerprint density at radius 3 is 2.83 bits per heavy atom. The van der Waals surface area contributed by atoms with Crippen molar-refractivity contribution >= 4 is 29.1 Å². The minimum atomic E-state index is 0.173. The van der Waals surface area contributed by atoms with Crippen LogP contribution in [-0.4, -0.2) is 17.5 Å². The molecule has 1 aromatic rings. The second-order valence-electron chi connectivity index (χ2n) is 2.26. The molecular formula is C8H10ClNOS. The Morgan fingerprint density at radius 2 is 2.25 bits per heavy atom. The summed E-state index contributed by atoms with van der Waals surface area (Å²) in [4.78, 5) is 1.03. The van der Waals surface area contributed by atoms with Crippen LogP contribution in [0.2, 0.25) is 5.02 Å². The quantitative estimate of drug-likeness (QED) is 0.584. The van der Waals surface area contributed by atoms with Gasteiger partial charge in [-0.1, -0.05) is 11.6 Å². The lowest BCUT2D eigenvalue weighted by atomic mass is 10.3. The summed E-state index contributed by atoms with van der Waals surface area (Å²) in [5.41, 5.74) is 6.11. The highest BCUT2D eigenvalue weighted by molar-refractivity contribution is 7.99. The summed E-state index contributed by atoms with van der Waals surface area (Å²) >= 11 is 7.35. The molecule has 0 aliphatic heterocycles. The Morgan fingerprint density at radius 1 is 1.50 bits per heavy atom. The lowest BCUT2D eigenvalue weighted by molar-refractivity contribution is 0.322. The van der Waals surface area contributed by atoms with Crippen molar-refractivity contribution in [3.63, 3.8) is 0 Å². The molecule has 66 valence electrons. The lowest BCUT2D eigenvalue weighted by Crippen LogP contribution is -1.88. The van der Waals surface area contributed by atoms with E-state index in [1.807, 2.05) is 6.07 Å². The smallest absolute Gasteiger partial charge is 0.0646 e. The number of aliphatic hydroxyl groups excluding tert-OH is 1. The first-order chi connectivity index (χ1) is 5.74. The molecule has 0 spiro atoms. The Balaban J connectivity index is 2.69. The molecule has 1 aromatic carbocycles. The number of aliphatic hydroxyl groups is 1. The summed E-state index contributed by atoms with van der Waals surface area (Å²) < 4.78 is 0. The molecule has 0 saturated heterocycles. The van der Waals surface area contributed by atoms with E-state index in [1.165, 1.54) is 0 Å². The molecule has 0 atom stereocenters. The number of nitrogen functional groups attached to an aromatic ring is 1. The number of benzene rings is 1. The largest absolute Gasteiger partial charge is 0.398 e. The van der Waals surface area contributed by atoms with Gasteiger partial charge >= 0.3 is 0 Å². The van der Waals surface area contributed by atoms with Crippen molar-refractivity contribution in [2.75, 3.05) is 18.1 Å². The minimum Gasteiger partial charge on any atom is -0.398 e. The molecule has 2 nitrogen and oxygen atoms in total. The number of hydrogen-bond acceptors (Lipinski definition) is 3. The molecule has 0 fully saturated rings. The number of thioether (sulfide) groups is 1. The van der Waals surface area contributed by atoms with Gasteiger partial charge in [0, 0.05) is 10.6 Å². The highest BCUT2D eigenvalue weighted by Gasteiger charge is 1.97. The number of hydrogen-bond donors (Lipinski definition) is 2. The third-order valence-corrected chi connectivity index (χ3v) is 2.63. The van der Waals surface area contributed by atoms with Crippen molar-refractivity contribution in [3.05, 3.63) is 23.2 Å². The maximum atomic E-state index is 8.57. The summed E-state index contributed by atoms with van der Waals surface area (Å²) in [5, 5.41) is 9.14. The van der Waals surface area contributed by atoms with Crippen molar-refractivity contribution in [1.82, 2.24) is 0 Å². The van der Waals surface area contributed by atoms with Gasteiger partial charge in [-0.05, 0) is 18.2 Å². The highest BCUT2D eigenvalue weighted by atomic mass is 35.5. The summed E-state index contributed by atoms with van der Waals surface area (Å²) in [6.45, 7) is 0.173. The second kappa shape index (κ2) is 4.60. The van der Waals surface area contributed by atoms with Crippen molar-refractivity contribution in [1.29, 1.82) is 0 Å². The number of nitrogens with two attached hydrogens (primary N) is 1. The minimum absolute atomic E-state index is 0.173. The molecule has 3 N–H and O–H groups in total. The third kappa shape index (κ3) is 2.59. The van der Waals surface area contributed by atoms with E-state index in [4.69, 9.17) is 22.4 Å². The Bertz CT molecular complexity index is 267. The van der Waals surface area contributed by atoms with Crippen LogP contribution in [0.15, 0.2) is 23.1 Å². The van der Waals surface area contributed by atoms with E-state index in [2.05, 4.69) is 0 Å². The molecule has 0 saturated carbocycles. The van der Waals surface area contributed by atoms with Gasteiger partial charge in [0.1, 0.15) is 0 Å². The van der Waals surface area contributed by atoms with Gasteiger partial charge in [-0.3, -0.25) is 0 Å². The van der Waals surface area contributed by atoms with E-state index < -0.39 is 0 Å². The van der Waals surface area contributed by atoms with Crippen LogP contribution >= 0.6 is 23.4 Å². The van der Waals surface area contributed by atoms with Crippen LogP contribution in [0.4, 0.5) is 5.69 Å². The molecule has 0 aromatic heterocycles. The molecule has 0 bridgehead atoms. The first-order valence-corrected chi connectivity index (χ1v) is 4.89. The van der Waals surface area contributed by atoms with E-state index in [1.54, 1.807) is 23.9 Å². The topological polar surface area (TPSA) is 46.2 Å². The lowest BCUT2D eigenvalue weighted by Gasteiger charge is -2.01. The molecule has 0 unspecified atom stereocenters. The molecule has 0 aliphatic carbocycles. The predicted octanol–water partition coefficient (Wildman–Crippen LogP) is 2.01. The zero-order valence-corrected chi connectivity index (χ0v) is 8.03. The first kappa shape index (κ1) is 9.71. The van der Waals surface area contributed by atoms with Crippen molar-refractivity contribution in [2.45, 2.75) is 4.90 Å². The van der Waals surface area contributed by atoms with Gasteiger partial charge in [0.05, 0.1) is 17.3 Å². The summed E-state index contributed by atoms with van der Waals surface area (Å²) in [7, 11) is 0. The van der Waals surface area contributed by atoms with E-state index in [0.29, 0.717) is 16.5 Å². The van der Waals surface area contributed by atoms with Gasteiger partial charge in [0.2, 0.25) is 0 Å². The van der Waals surface area contributed by atoms with Gasteiger partial charge < -0.3 is 10.8 Å². The predicted molar refractivity (Wildman–Crippen MR) is 53.7 cm³/mol. The van der Waals surface area contributed by atoms with Crippen molar-refractivity contribution in [3.8, 4) is 0 Å². The maximum Gasteiger partial charge on any atom is 0.0646 e. The molecule has 12 heavy (non-hydrogen) atoms. The monoisotopic (exact) mass is 203 g/mol. The van der Waals surface area contributed by atoms with Crippen LogP contribution in [-0.2, 0) is 0 Å². The number of anilines is 1. The highest BCUT2D eigenvalue weighted by Crippen LogP contribution is 2.25. The van der Waals surface area contributed by atoms with E-state index >= 15 is 0 Å². The fourth-order valence-corrected chi connectivity index (χ4v) is 1.70. The molecule has 0 heterocycles. The third-order valence-electron chi connectivity index (χ3n) is 1.33. The van der Waals surface area contributed by atoms with Crippen molar-refractivity contribution in [2.24, 2.45) is 0 Å². The van der Waals surface area contributed by atoms with Crippen LogP contribution in [0, 0.1) is 0 Å². The zero-order chi connectivity index (χ0) is 8.97. The Hall–Kier alpha value is -0.380. The molecular weight excluding hydrogens is 194 g/mol. The van der Waals surface area contributed by atoms with E-state index in [9.17, 15) is 0 Å². The van der Waals surface area contributed by atoms with Crippen LogP contribution in [0.3, 0.4) is 0 Å². The normalized spacial score (nSPS) is 10.2. The maximum absolute atomic E-state index is 8.57. The van der Waals surface area contributed by atoms with Crippen LogP contribution in [0.5, 0.6) is 0 Å².